The van der Waals surface area contributed by atoms with Crippen LogP contribution in [0, 0.1) is 16.7 Å². The number of tetrazole rings is 1. The molecule has 0 bridgehead atoms. The molecule has 0 aromatic carbocycles. The molecule has 2 aromatic rings. The fraction of sp³-hybridized carbons (Fsp3) is 0.647. The Bertz CT molecular complexity index is 838. The van der Waals surface area contributed by atoms with Crippen LogP contribution in [0.2, 0.25) is 0 Å². The number of amides is 1. The molecule has 0 saturated carbocycles. The number of aromatic nitrogens is 5. The lowest BCUT2D eigenvalue weighted by molar-refractivity contribution is 0.00956. The average molecular weight is 405 g/mol. The molecule has 3 rings (SSSR count). The van der Waals surface area contributed by atoms with Crippen molar-refractivity contribution in [1.82, 2.24) is 35.0 Å². The van der Waals surface area contributed by atoms with Gasteiger partial charge >= 0.3 is 6.09 Å². The smallest absolute Gasteiger partial charge is 0.407 e. The highest BCUT2D eigenvalue weighted by atomic mass is 32.1. The molecule has 2 aromatic heterocycles. The van der Waals surface area contributed by atoms with Crippen molar-refractivity contribution in [3.63, 3.8) is 0 Å². The molecule has 11 heteroatoms. The Morgan fingerprint density at radius 3 is 2.86 bits per heavy atom. The second kappa shape index (κ2) is 8.20. The van der Waals surface area contributed by atoms with Crippen LogP contribution < -0.4 is 0 Å². The summed E-state index contributed by atoms with van der Waals surface area (Å²) in [5.41, 5.74) is -0.225. The van der Waals surface area contributed by atoms with Gasteiger partial charge in [-0.05, 0) is 15.8 Å². The average Bonchev–Trinajstić information content (AvgIpc) is 3.32. The van der Waals surface area contributed by atoms with E-state index in [4.69, 9.17) is 5.26 Å². The van der Waals surface area contributed by atoms with Crippen LogP contribution >= 0.6 is 11.3 Å². The van der Waals surface area contributed by atoms with E-state index in [2.05, 4.69) is 31.5 Å². The number of hydrogen-bond acceptors (Lipinski definition) is 8. The summed E-state index contributed by atoms with van der Waals surface area (Å²) < 4.78 is 1.64. The van der Waals surface area contributed by atoms with Gasteiger partial charge in [0.25, 0.3) is 0 Å². The van der Waals surface area contributed by atoms with E-state index in [0.29, 0.717) is 38.4 Å². The van der Waals surface area contributed by atoms with E-state index in [1.807, 2.05) is 26.2 Å². The molecule has 2 unspecified atom stereocenters. The third-order valence-electron chi connectivity index (χ3n) is 4.95. The van der Waals surface area contributed by atoms with E-state index in [0.717, 1.165) is 5.01 Å². The first-order valence-corrected chi connectivity index (χ1v) is 9.97. The summed E-state index contributed by atoms with van der Waals surface area (Å²) >= 11 is 1.51. The lowest BCUT2D eigenvalue weighted by Gasteiger charge is -2.47. The molecule has 1 aliphatic heterocycles. The molecular weight excluding hydrogens is 380 g/mol. The molecule has 10 nitrogen and oxygen atoms in total. The first kappa shape index (κ1) is 20.2. The van der Waals surface area contributed by atoms with Gasteiger partial charge in [-0.2, -0.15) is 5.26 Å². The second-order valence-electron chi connectivity index (χ2n) is 7.79. The van der Waals surface area contributed by atoms with Crippen LogP contribution in [0.4, 0.5) is 4.79 Å². The van der Waals surface area contributed by atoms with Crippen molar-refractivity contribution in [3.8, 4) is 6.07 Å². The van der Waals surface area contributed by atoms with Crippen molar-refractivity contribution in [2.24, 2.45) is 5.41 Å². The van der Waals surface area contributed by atoms with E-state index in [1.165, 1.54) is 16.2 Å². The van der Waals surface area contributed by atoms with E-state index in [9.17, 15) is 9.90 Å². The van der Waals surface area contributed by atoms with Crippen molar-refractivity contribution in [3.05, 3.63) is 22.4 Å². The zero-order chi connectivity index (χ0) is 20.3. The first-order valence-electron chi connectivity index (χ1n) is 9.09. The van der Waals surface area contributed by atoms with Gasteiger partial charge in [0.15, 0.2) is 5.82 Å². The van der Waals surface area contributed by atoms with Gasteiger partial charge in [-0.15, -0.1) is 16.4 Å². The molecule has 0 spiro atoms. The quantitative estimate of drug-likeness (QED) is 0.800. The third-order valence-corrected chi connectivity index (χ3v) is 5.78. The van der Waals surface area contributed by atoms with Gasteiger partial charge in [-0.3, -0.25) is 4.90 Å². The van der Waals surface area contributed by atoms with E-state index in [-0.39, 0.29) is 17.5 Å². The number of piperazine rings is 1. The number of nitrogens with zero attached hydrogens (tertiary/aromatic N) is 8. The lowest BCUT2D eigenvalue weighted by atomic mass is 9.84. The number of nitriles is 1. The van der Waals surface area contributed by atoms with Gasteiger partial charge in [0, 0.05) is 31.2 Å². The standard InChI is InChI=1S/C17H24N8O2S/c1-17(2,3)12-11-23(8-9-24(12)16(26)27)13(15-19-6-10-28-15)14-20-21-22-25(14)7-4-5-18/h6,10,12-13H,4,7-9,11H2,1-3H3,(H,26,27). The number of rotatable bonds is 5. The summed E-state index contributed by atoms with van der Waals surface area (Å²) in [4.78, 5) is 20.0. The molecule has 3 heterocycles. The number of thiazole rings is 1. The number of carbonyl (C=O) groups is 1. The zero-order valence-electron chi connectivity index (χ0n) is 16.2. The Labute approximate surface area is 167 Å². The van der Waals surface area contributed by atoms with Gasteiger partial charge in [0.2, 0.25) is 0 Å². The Morgan fingerprint density at radius 1 is 1.46 bits per heavy atom. The van der Waals surface area contributed by atoms with Crippen molar-refractivity contribution in [1.29, 1.82) is 5.26 Å². The molecule has 0 radical (unpaired) electrons. The predicted octanol–water partition coefficient (Wildman–Crippen LogP) is 1.84. The van der Waals surface area contributed by atoms with Gasteiger partial charge in [-0.25, -0.2) is 14.5 Å². The van der Waals surface area contributed by atoms with E-state index >= 15 is 0 Å². The molecule has 1 N–H and O–H groups in total. The zero-order valence-corrected chi connectivity index (χ0v) is 17.0. The van der Waals surface area contributed by atoms with Crippen LogP contribution in [0.25, 0.3) is 0 Å². The number of carboxylic acid groups (broad SMARTS) is 1. The topological polar surface area (TPSA) is 124 Å². The highest BCUT2D eigenvalue weighted by molar-refractivity contribution is 7.09. The summed E-state index contributed by atoms with van der Waals surface area (Å²) in [6.07, 6.45) is 1.15. The minimum absolute atomic E-state index is 0.176. The maximum absolute atomic E-state index is 11.7. The minimum atomic E-state index is -0.899. The molecule has 0 aliphatic carbocycles. The van der Waals surface area contributed by atoms with E-state index in [1.54, 1.807) is 10.9 Å². The maximum Gasteiger partial charge on any atom is 0.407 e. The van der Waals surface area contributed by atoms with Crippen molar-refractivity contribution in [2.75, 3.05) is 19.6 Å². The summed E-state index contributed by atoms with van der Waals surface area (Å²) in [5, 5.41) is 33.4. The van der Waals surface area contributed by atoms with Crippen LogP contribution in [-0.4, -0.2) is 71.9 Å². The van der Waals surface area contributed by atoms with Gasteiger partial charge in [0.05, 0.1) is 25.1 Å². The Balaban J connectivity index is 1.95. The molecule has 1 fully saturated rings. The summed E-state index contributed by atoms with van der Waals surface area (Å²) in [6.45, 7) is 8.04. The van der Waals surface area contributed by atoms with Crippen LogP contribution in [0.5, 0.6) is 0 Å². The molecule has 1 amide bonds. The maximum atomic E-state index is 11.7. The Kier molecular flexibility index (Phi) is 5.90. The SMILES string of the molecule is CC(C)(C)C1CN(C(c2nccs2)c2nnnn2CCC#N)CCN1C(=O)O. The largest absolute Gasteiger partial charge is 0.465 e. The Morgan fingerprint density at radius 2 is 2.25 bits per heavy atom. The number of aryl methyl sites for hydroxylation is 1. The Hall–Kier alpha value is -2.58. The van der Waals surface area contributed by atoms with Crippen molar-refractivity contribution < 1.29 is 9.90 Å². The second-order valence-corrected chi connectivity index (χ2v) is 8.72. The van der Waals surface area contributed by atoms with Crippen LogP contribution in [0.15, 0.2) is 11.6 Å². The lowest BCUT2D eigenvalue weighted by Crippen LogP contribution is -2.60. The van der Waals surface area contributed by atoms with Crippen LogP contribution in [-0.2, 0) is 6.54 Å². The van der Waals surface area contributed by atoms with Crippen molar-refractivity contribution >= 4 is 17.4 Å². The molecular formula is C17H24N8O2S. The molecule has 150 valence electrons. The van der Waals surface area contributed by atoms with E-state index < -0.39 is 6.09 Å². The summed E-state index contributed by atoms with van der Waals surface area (Å²) in [5.74, 6) is 0.627. The summed E-state index contributed by atoms with van der Waals surface area (Å²) in [7, 11) is 0. The van der Waals surface area contributed by atoms with Gasteiger partial charge in [0.1, 0.15) is 11.0 Å². The number of hydrogen-bond donors (Lipinski definition) is 1. The highest BCUT2D eigenvalue weighted by Gasteiger charge is 2.42. The minimum Gasteiger partial charge on any atom is -0.465 e. The van der Waals surface area contributed by atoms with Gasteiger partial charge < -0.3 is 10.0 Å². The summed E-state index contributed by atoms with van der Waals surface area (Å²) in [6, 6.07) is 1.66. The molecule has 1 saturated heterocycles. The first-order chi connectivity index (χ1) is 13.3. The molecule has 1 aliphatic rings. The van der Waals surface area contributed by atoms with Crippen molar-refractivity contribution in [2.45, 2.75) is 45.8 Å². The normalized spacial score (nSPS) is 19.4. The van der Waals surface area contributed by atoms with Gasteiger partial charge in [-0.1, -0.05) is 20.8 Å². The fourth-order valence-corrected chi connectivity index (χ4v) is 4.30. The monoisotopic (exact) mass is 404 g/mol. The third kappa shape index (κ3) is 4.13. The fourth-order valence-electron chi connectivity index (χ4n) is 3.53. The van der Waals surface area contributed by atoms with Crippen LogP contribution in [0.1, 0.15) is 44.1 Å². The molecule has 28 heavy (non-hydrogen) atoms. The predicted molar refractivity (Wildman–Crippen MR) is 102 cm³/mol. The highest BCUT2D eigenvalue weighted by Crippen LogP contribution is 2.34. The molecule has 2 atom stereocenters. The van der Waals surface area contributed by atoms with Crippen LogP contribution in [0.3, 0.4) is 0 Å².